The Hall–Kier alpha value is -2.98. The van der Waals surface area contributed by atoms with Crippen LogP contribution in [0.2, 0.25) is 0 Å². The van der Waals surface area contributed by atoms with Crippen LogP contribution >= 0.6 is 0 Å². The van der Waals surface area contributed by atoms with E-state index in [2.05, 4.69) is 11.8 Å². The van der Waals surface area contributed by atoms with Gasteiger partial charge in [0.25, 0.3) is 0 Å². The molecule has 0 aliphatic rings. The van der Waals surface area contributed by atoms with Crippen molar-refractivity contribution in [3.05, 3.63) is 64.2 Å². The van der Waals surface area contributed by atoms with E-state index < -0.39 is 23.5 Å². The van der Waals surface area contributed by atoms with Crippen molar-refractivity contribution in [1.29, 1.82) is 0 Å². The van der Waals surface area contributed by atoms with Crippen LogP contribution in [0.4, 0.5) is 13.2 Å². The molecule has 0 heterocycles. The van der Waals surface area contributed by atoms with Gasteiger partial charge in [0, 0.05) is 17.7 Å². The zero-order valence-electron chi connectivity index (χ0n) is 13.5. The monoisotopic (exact) mass is 364 g/mol. The Balaban J connectivity index is 2.48. The molecule has 0 radical (unpaired) electrons. The maximum absolute atomic E-state index is 13.1. The van der Waals surface area contributed by atoms with E-state index in [-0.39, 0.29) is 17.7 Å². The van der Waals surface area contributed by atoms with Crippen molar-refractivity contribution in [3.8, 4) is 17.6 Å². The first-order chi connectivity index (χ1) is 12.2. The molecule has 26 heavy (non-hydrogen) atoms. The lowest BCUT2D eigenvalue weighted by Gasteiger charge is -2.09. The van der Waals surface area contributed by atoms with E-state index in [1.807, 2.05) is 0 Å². The van der Waals surface area contributed by atoms with Gasteiger partial charge in [-0.1, -0.05) is 11.8 Å². The summed E-state index contributed by atoms with van der Waals surface area (Å²) in [7, 11) is 0. The Bertz CT molecular complexity index is 877. The van der Waals surface area contributed by atoms with Gasteiger partial charge in [-0.15, -0.1) is 0 Å². The highest BCUT2D eigenvalue weighted by molar-refractivity contribution is 5.88. The van der Waals surface area contributed by atoms with Crippen molar-refractivity contribution >= 4 is 5.97 Å². The van der Waals surface area contributed by atoms with E-state index in [9.17, 15) is 23.1 Å². The van der Waals surface area contributed by atoms with Crippen LogP contribution in [0.1, 0.15) is 39.0 Å². The van der Waals surface area contributed by atoms with Gasteiger partial charge in [0.15, 0.2) is 0 Å². The lowest BCUT2D eigenvalue weighted by molar-refractivity contribution is -0.137. The third kappa shape index (κ3) is 4.77. The molecule has 2 rings (SSSR count). The molecule has 0 aliphatic heterocycles. The van der Waals surface area contributed by atoms with Crippen molar-refractivity contribution in [1.82, 2.24) is 0 Å². The van der Waals surface area contributed by atoms with E-state index in [4.69, 9.17) is 10.2 Å². The van der Waals surface area contributed by atoms with E-state index in [1.54, 1.807) is 0 Å². The van der Waals surface area contributed by atoms with Gasteiger partial charge < -0.3 is 15.3 Å². The number of halogens is 3. The number of phenolic OH excluding ortho intramolecular Hbond substituents is 1. The molecule has 0 atom stereocenters. The lowest BCUT2D eigenvalue weighted by atomic mass is 9.99. The molecule has 0 fully saturated rings. The van der Waals surface area contributed by atoms with Crippen LogP contribution in [0.15, 0.2) is 36.4 Å². The lowest BCUT2D eigenvalue weighted by Crippen LogP contribution is -2.07. The third-order valence-corrected chi connectivity index (χ3v) is 3.60. The molecule has 2 aromatic rings. The number of aliphatic hydroxyl groups is 1. The first-order valence-electron chi connectivity index (χ1n) is 7.61. The van der Waals surface area contributed by atoms with Crippen LogP contribution in [0.5, 0.6) is 5.75 Å². The summed E-state index contributed by atoms with van der Waals surface area (Å²) in [6.45, 7) is -0.111. The number of hydrogen-bond acceptors (Lipinski definition) is 3. The number of aromatic hydroxyl groups is 1. The minimum absolute atomic E-state index is 0.0316. The first kappa shape index (κ1) is 19.3. The molecule has 0 aromatic heterocycles. The Morgan fingerprint density at radius 3 is 2.31 bits per heavy atom. The van der Waals surface area contributed by atoms with Gasteiger partial charge in [-0.2, -0.15) is 13.2 Å². The Morgan fingerprint density at radius 1 is 1.04 bits per heavy atom. The van der Waals surface area contributed by atoms with Crippen molar-refractivity contribution in [3.63, 3.8) is 0 Å². The van der Waals surface area contributed by atoms with E-state index in [0.29, 0.717) is 30.0 Å². The minimum Gasteiger partial charge on any atom is -0.508 e. The second-order valence-electron chi connectivity index (χ2n) is 5.48. The van der Waals surface area contributed by atoms with E-state index >= 15 is 0 Å². The van der Waals surface area contributed by atoms with Crippen molar-refractivity contribution in [2.24, 2.45) is 0 Å². The molecule has 136 valence electrons. The molecule has 4 nitrogen and oxygen atoms in total. The molecule has 0 amide bonds. The largest absolute Gasteiger partial charge is 0.508 e. The summed E-state index contributed by atoms with van der Waals surface area (Å²) in [5.74, 6) is 3.42. The van der Waals surface area contributed by atoms with Crippen LogP contribution < -0.4 is 0 Å². The Labute approximate surface area is 147 Å². The van der Waals surface area contributed by atoms with Crippen molar-refractivity contribution in [2.75, 3.05) is 6.61 Å². The summed E-state index contributed by atoms with van der Waals surface area (Å²) in [5.41, 5.74) is -0.415. The molecule has 3 N–H and O–H groups in total. The van der Waals surface area contributed by atoms with Gasteiger partial charge in [0.2, 0.25) is 0 Å². The smallest absolute Gasteiger partial charge is 0.417 e. The molecule has 0 saturated heterocycles. The fraction of sp³-hybridized carbons (Fsp3) is 0.211. The zero-order valence-corrected chi connectivity index (χ0v) is 13.5. The number of aromatic carboxylic acids is 1. The highest BCUT2D eigenvalue weighted by Crippen LogP contribution is 2.33. The summed E-state index contributed by atoms with van der Waals surface area (Å²) in [5, 5.41) is 27.3. The summed E-state index contributed by atoms with van der Waals surface area (Å²) < 4.78 is 39.2. The van der Waals surface area contributed by atoms with E-state index in [1.165, 1.54) is 18.2 Å². The van der Waals surface area contributed by atoms with Gasteiger partial charge in [-0.05, 0) is 54.8 Å². The van der Waals surface area contributed by atoms with Gasteiger partial charge in [-0.25, -0.2) is 4.79 Å². The highest BCUT2D eigenvalue weighted by Gasteiger charge is 2.33. The summed E-state index contributed by atoms with van der Waals surface area (Å²) in [6.07, 6.45) is -3.97. The van der Waals surface area contributed by atoms with Crippen LogP contribution in [0.25, 0.3) is 0 Å². The number of carbonyl (C=O) groups is 1. The van der Waals surface area contributed by atoms with E-state index in [0.717, 1.165) is 12.1 Å². The predicted octanol–water partition coefficient (Wildman–Crippen LogP) is 3.43. The highest BCUT2D eigenvalue weighted by atomic mass is 19.4. The number of hydrogen-bond donors (Lipinski definition) is 3. The summed E-state index contributed by atoms with van der Waals surface area (Å²) >= 11 is 0. The fourth-order valence-corrected chi connectivity index (χ4v) is 2.34. The average Bonchev–Trinajstić information content (AvgIpc) is 2.58. The molecule has 0 saturated carbocycles. The Morgan fingerprint density at radius 2 is 1.69 bits per heavy atom. The standard InChI is InChI=1S/C19H15F3O4/c20-19(21,22)17-11-16(24)8-7-13(17)5-3-12-4-6-15(18(25)26)10-14(12)2-1-9-23/h4,6-8,10-11,23-24H,1-2,9H2,(H,25,26). The van der Waals surface area contributed by atoms with Crippen molar-refractivity contribution < 1.29 is 33.3 Å². The van der Waals surface area contributed by atoms with Gasteiger partial charge in [0.1, 0.15) is 5.75 Å². The fourth-order valence-electron chi connectivity index (χ4n) is 2.34. The normalized spacial score (nSPS) is 10.9. The van der Waals surface area contributed by atoms with Gasteiger partial charge >= 0.3 is 12.1 Å². The predicted molar refractivity (Wildman–Crippen MR) is 87.9 cm³/mol. The molecule has 0 spiro atoms. The summed E-state index contributed by atoms with van der Waals surface area (Å²) in [4.78, 5) is 11.1. The first-order valence-corrected chi connectivity index (χ1v) is 7.61. The van der Waals surface area contributed by atoms with Crippen LogP contribution in [0, 0.1) is 11.8 Å². The third-order valence-electron chi connectivity index (χ3n) is 3.60. The number of alkyl halides is 3. The van der Waals surface area contributed by atoms with Crippen LogP contribution in [-0.4, -0.2) is 27.9 Å². The number of benzene rings is 2. The zero-order chi connectivity index (χ0) is 19.3. The number of carboxylic acid groups (broad SMARTS) is 1. The second kappa shape index (κ2) is 7.93. The van der Waals surface area contributed by atoms with Crippen LogP contribution in [0.3, 0.4) is 0 Å². The second-order valence-corrected chi connectivity index (χ2v) is 5.48. The molecular weight excluding hydrogens is 349 g/mol. The summed E-state index contributed by atoms with van der Waals surface area (Å²) in [6, 6.07) is 6.92. The number of rotatable bonds is 4. The molecular formula is C19H15F3O4. The topological polar surface area (TPSA) is 77.8 Å². The Kier molecular flexibility index (Phi) is 5.90. The number of carboxylic acids is 1. The molecule has 0 unspecified atom stereocenters. The quantitative estimate of drug-likeness (QED) is 0.727. The maximum Gasteiger partial charge on any atom is 0.417 e. The van der Waals surface area contributed by atoms with Crippen molar-refractivity contribution in [2.45, 2.75) is 19.0 Å². The van der Waals surface area contributed by atoms with Crippen LogP contribution in [-0.2, 0) is 12.6 Å². The molecule has 7 heteroatoms. The molecule has 0 bridgehead atoms. The maximum atomic E-state index is 13.1. The average molecular weight is 364 g/mol. The number of aliphatic hydroxyl groups excluding tert-OH is 1. The molecule has 2 aromatic carbocycles. The minimum atomic E-state index is -4.67. The molecule has 0 aliphatic carbocycles. The number of phenols is 1. The van der Waals surface area contributed by atoms with Gasteiger partial charge in [-0.3, -0.25) is 0 Å². The SMILES string of the molecule is O=C(O)c1ccc(C#Cc2ccc(O)cc2C(F)(F)F)c(CCCO)c1. The van der Waals surface area contributed by atoms with Gasteiger partial charge in [0.05, 0.1) is 11.1 Å². The number of aryl methyl sites for hydroxylation is 1.